The zero-order chi connectivity index (χ0) is 18.4. The van der Waals surface area contributed by atoms with Crippen LogP contribution in [0.5, 0.6) is 6.01 Å². The van der Waals surface area contributed by atoms with Gasteiger partial charge in [0.2, 0.25) is 0 Å². The van der Waals surface area contributed by atoms with Crippen molar-refractivity contribution in [3.63, 3.8) is 0 Å². The normalized spacial score (nSPS) is 11.6. The molecule has 0 unspecified atom stereocenters. The Kier molecular flexibility index (Phi) is 3.96. The van der Waals surface area contributed by atoms with Crippen LogP contribution in [0.25, 0.3) is 32.9 Å². The SMILES string of the molecule is CC(C)n1c([O-])nc2c(-c3csc(-c4ccc(F)c(F)c4)n3)cccc21. The molecule has 0 bridgehead atoms. The number of nitrogens with zero attached hydrogens (tertiary/aromatic N) is 3. The van der Waals surface area contributed by atoms with E-state index in [-0.39, 0.29) is 12.1 Å². The topological polar surface area (TPSA) is 53.8 Å². The van der Waals surface area contributed by atoms with E-state index in [9.17, 15) is 13.9 Å². The third-order valence-corrected chi connectivity index (χ3v) is 5.04. The summed E-state index contributed by atoms with van der Waals surface area (Å²) in [5, 5.41) is 14.6. The van der Waals surface area contributed by atoms with Crippen molar-refractivity contribution in [2.24, 2.45) is 0 Å². The summed E-state index contributed by atoms with van der Waals surface area (Å²) in [6, 6.07) is 8.97. The Labute approximate surface area is 152 Å². The van der Waals surface area contributed by atoms with E-state index in [1.54, 1.807) is 4.57 Å². The largest absolute Gasteiger partial charge is 0.846 e. The van der Waals surface area contributed by atoms with Gasteiger partial charge in [-0.1, -0.05) is 12.1 Å². The van der Waals surface area contributed by atoms with Crippen LogP contribution in [0.3, 0.4) is 0 Å². The molecule has 4 rings (SSSR count). The zero-order valence-electron chi connectivity index (χ0n) is 14.0. The Balaban J connectivity index is 1.83. The molecule has 0 aliphatic rings. The molecule has 0 saturated heterocycles. The monoisotopic (exact) mass is 370 g/mol. The van der Waals surface area contributed by atoms with Crippen LogP contribution in [-0.4, -0.2) is 14.5 Å². The molecule has 26 heavy (non-hydrogen) atoms. The van der Waals surface area contributed by atoms with Gasteiger partial charge in [0.15, 0.2) is 11.6 Å². The van der Waals surface area contributed by atoms with Gasteiger partial charge in [-0.3, -0.25) is 0 Å². The van der Waals surface area contributed by atoms with Gasteiger partial charge in [-0.05, 0) is 38.1 Å². The summed E-state index contributed by atoms with van der Waals surface area (Å²) >= 11 is 1.32. The zero-order valence-corrected chi connectivity index (χ0v) is 14.8. The molecule has 0 radical (unpaired) electrons. The first kappa shape index (κ1) is 16.7. The second-order valence-electron chi connectivity index (χ2n) is 6.20. The van der Waals surface area contributed by atoms with Crippen molar-refractivity contribution in [2.45, 2.75) is 19.9 Å². The Morgan fingerprint density at radius 3 is 2.62 bits per heavy atom. The second-order valence-corrected chi connectivity index (χ2v) is 7.06. The Morgan fingerprint density at radius 1 is 1.08 bits per heavy atom. The number of hydrogen-bond acceptors (Lipinski definition) is 4. The van der Waals surface area contributed by atoms with Crippen LogP contribution < -0.4 is 5.11 Å². The van der Waals surface area contributed by atoms with Gasteiger partial charge in [0.1, 0.15) is 5.01 Å². The van der Waals surface area contributed by atoms with Crippen molar-refractivity contribution in [1.29, 1.82) is 0 Å². The number of rotatable bonds is 3. The number of benzene rings is 2. The van der Waals surface area contributed by atoms with E-state index < -0.39 is 11.6 Å². The molecule has 2 heterocycles. The summed E-state index contributed by atoms with van der Waals surface area (Å²) < 4.78 is 28.3. The van der Waals surface area contributed by atoms with Crippen LogP contribution >= 0.6 is 11.3 Å². The van der Waals surface area contributed by atoms with E-state index >= 15 is 0 Å². The number of halogens is 2. The first-order chi connectivity index (χ1) is 12.5. The molecule has 0 spiro atoms. The fourth-order valence-electron chi connectivity index (χ4n) is 2.96. The highest BCUT2D eigenvalue weighted by molar-refractivity contribution is 7.13. The Hall–Kier alpha value is -2.80. The summed E-state index contributed by atoms with van der Waals surface area (Å²) in [7, 11) is 0. The first-order valence-corrected chi connectivity index (χ1v) is 8.93. The van der Waals surface area contributed by atoms with Gasteiger partial charge >= 0.3 is 0 Å². The van der Waals surface area contributed by atoms with Gasteiger partial charge in [0.25, 0.3) is 0 Å². The van der Waals surface area contributed by atoms with E-state index in [1.807, 2.05) is 37.4 Å². The number of thiazole rings is 1. The lowest BCUT2D eigenvalue weighted by molar-refractivity contribution is -0.285. The minimum atomic E-state index is -0.909. The highest BCUT2D eigenvalue weighted by Gasteiger charge is 2.15. The molecule has 4 aromatic rings. The van der Waals surface area contributed by atoms with Crippen molar-refractivity contribution in [1.82, 2.24) is 14.5 Å². The van der Waals surface area contributed by atoms with Crippen LogP contribution in [0.15, 0.2) is 41.8 Å². The Morgan fingerprint density at radius 2 is 1.88 bits per heavy atom. The molecular formula is C19H14F2N3OS-. The summed E-state index contributed by atoms with van der Waals surface area (Å²) in [5.41, 5.74) is 3.24. The third kappa shape index (κ3) is 2.64. The number of fused-ring (bicyclic) bond motifs is 1. The lowest BCUT2D eigenvalue weighted by atomic mass is 10.1. The maximum Gasteiger partial charge on any atom is 0.159 e. The van der Waals surface area contributed by atoms with E-state index in [0.29, 0.717) is 21.8 Å². The van der Waals surface area contributed by atoms with Crippen LogP contribution in [0, 0.1) is 11.6 Å². The Bertz CT molecular complexity index is 1120. The van der Waals surface area contributed by atoms with Crippen molar-refractivity contribution in [3.05, 3.63) is 53.4 Å². The molecule has 0 saturated carbocycles. The summed E-state index contributed by atoms with van der Waals surface area (Å²) in [6.45, 7) is 3.86. The highest BCUT2D eigenvalue weighted by Crippen LogP contribution is 2.34. The summed E-state index contributed by atoms with van der Waals surface area (Å²) in [6.07, 6.45) is 0. The summed E-state index contributed by atoms with van der Waals surface area (Å²) in [4.78, 5) is 8.71. The minimum Gasteiger partial charge on any atom is -0.846 e. The molecule has 0 amide bonds. The first-order valence-electron chi connectivity index (χ1n) is 8.05. The van der Waals surface area contributed by atoms with Gasteiger partial charge in [0, 0.05) is 22.5 Å². The molecule has 0 atom stereocenters. The predicted octanol–water partition coefficient (Wildman–Crippen LogP) is 4.76. The van der Waals surface area contributed by atoms with Gasteiger partial charge in [0.05, 0.1) is 22.7 Å². The lowest BCUT2D eigenvalue weighted by Crippen LogP contribution is -2.06. The molecule has 0 aliphatic heterocycles. The molecule has 0 fully saturated rings. The van der Waals surface area contributed by atoms with Gasteiger partial charge in [-0.25, -0.2) is 18.7 Å². The fourth-order valence-corrected chi connectivity index (χ4v) is 3.78. The molecule has 0 N–H and O–H groups in total. The third-order valence-electron chi connectivity index (χ3n) is 4.15. The van der Waals surface area contributed by atoms with Crippen LogP contribution in [0.4, 0.5) is 8.78 Å². The van der Waals surface area contributed by atoms with Crippen molar-refractivity contribution in [2.75, 3.05) is 0 Å². The number of imidazole rings is 1. The van der Waals surface area contributed by atoms with Crippen molar-refractivity contribution in [3.8, 4) is 27.8 Å². The van der Waals surface area contributed by atoms with E-state index in [4.69, 9.17) is 0 Å². The summed E-state index contributed by atoms with van der Waals surface area (Å²) in [5.74, 6) is -1.80. The second kappa shape index (κ2) is 6.17. The molecule has 132 valence electrons. The molecule has 4 nitrogen and oxygen atoms in total. The van der Waals surface area contributed by atoms with Gasteiger partial charge < -0.3 is 9.67 Å². The van der Waals surface area contributed by atoms with Crippen LogP contribution in [0.2, 0.25) is 0 Å². The maximum absolute atomic E-state index is 13.5. The predicted molar refractivity (Wildman–Crippen MR) is 96.0 cm³/mol. The smallest absolute Gasteiger partial charge is 0.159 e. The van der Waals surface area contributed by atoms with Crippen molar-refractivity contribution >= 4 is 22.4 Å². The fraction of sp³-hybridized carbons (Fsp3) is 0.158. The number of aromatic nitrogens is 3. The number of para-hydroxylation sites is 1. The molecule has 7 heteroatoms. The van der Waals surface area contributed by atoms with Crippen molar-refractivity contribution < 1.29 is 13.9 Å². The van der Waals surface area contributed by atoms with Gasteiger partial charge in [-0.15, -0.1) is 11.3 Å². The molecular weight excluding hydrogens is 356 g/mol. The lowest BCUT2D eigenvalue weighted by Gasteiger charge is -2.15. The quantitative estimate of drug-likeness (QED) is 0.522. The number of hydrogen-bond donors (Lipinski definition) is 0. The minimum absolute atomic E-state index is 0.00376. The standard InChI is InChI=1S/C19H15F2N3OS/c1-10(2)24-16-5-3-4-12(17(16)23-19(24)25)15-9-26-18(22-15)11-6-7-13(20)14(21)8-11/h3-10H,1-2H3,(H,23,25)/p-1. The van der Waals surface area contributed by atoms with E-state index in [2.05, 4.69) is 9.97 Å². The van der Waals surface area contributed by atoms with Crippen LogP contribution in [0.1, 0.15) is 19.9 Å². The average Bonchev–Trinajstić information content (AvgIpc) is 3.20. The molecule has 2 aromatic carbocycles. The van der Waals surface area contributed by atoms with E-state index in [1.165, 1.54) is 17.4 Å². The van der Waals surface area contributed by atoms with E-state index in [0.717, 1.165) is 23.2 Å². The molecule has 2 aromatic heterocycles. The van der Waals surface area contributed by atoms with Gasteiger partial charge in [-0.2, -0.15) is 0 Å². The average molecular weight is 370 g/mol. The highest BCUT2D eigenvalue weighted by atomic mass is 32.1. The molecule has 0 aliphatic carbocycles. The van der Waals surface area contributed by atoms with Crippen LogP contribution in [-0.2, 0) is 0 Å². The maximum atomic E-state index is 13.5.